The third kappa shape index (κ3) is 5.15. The molecule has 1 saturated carbocycles. The maximum atomic E-state index is 7.40. The lowest BCUT2D eigenvalue weighted by Crippen LogP contribution is -2.67. The van der Waals surface area contributed by atoms with Crippen LogP contribution < -0.4 is 10.4 Å². The molecule has 1 aliphatic carbocycles. The maximum absolute atomic E-state index is 7.40. The Morgan fingerprint density at radius 2 is 1.53 bits per heavy atom. The van der Waals surface area contributed by atoms with Crippen LogP contribution in [0.1, 0.15) is 73.1 Å². The lowest BCUT2D eigenvalue weighted by atomic mass is 9.85. The van der Waals surface area contributed by atoms with Crippen LogP contribution in [0.2, 0.25) is 5.04 Å². The van der Waals surface area contributed by atoms with Gasteiger partial charge in [0.15, 0.2) is 0 Å². The summed E-state index contributed by atoms with van der Waals surface area (Å²) in [7, 11) is -2.43. The SMILES string of the molecule is CC/C(C)=C\CC1CCCC(O[Si](c2ccccc2)(c2ccccc2)C(C)(C)C)C1. The number of benzene rings is 2. The highest BCUT2D eigenvalue weighted by Crippen LogP contribution is 2.40. The van der Waals surface area contributed by atoms with Crippen LogP contribution in [-0.4, -0.2) is 14.4 Å². The average Bonchev–Trinajstić information content (AvgIpc) is 2.76. The van der Waals surface area contributed by atoms with Crippen molar-refractivity contribution in [2.45, 2.75) is 84.3 Å². The Balaban J connectivity index is 1.95. The summed E-state index contributed by atoms with van der Waals surface area (Å²) in [6.07, 6.45) is 10.2. The molecule has 0 N–H and O–H groups in total. The van der Waals surface area contributed by atoms with Crippen LogP contribution in [0.5, 0.6) is 0 Å². The Bertz CT molecular complexity index is 764. The van der Waals surface area contributed by atoms with Crippen molar-refractivity contribution in [3.8, 4) is 0 Å². The highest BCUT2D eigenvalue weighted by Gasteiger charge is 2.51. The fraction of sp³-hybridized carbons (Fsp3) is 0.500. The lowest BCUT2D eigenvalue weighted by Gasteiger charge is -2.46. The van der Waals surface area contributed by atoms with Gasteiger partial charge in [-0.3, -0.25) is 0 Å². The summed E-state index contributed by atoms with van der Waals surface area (Å²) in [6.45, 7) is 11.7. The van der Waals surface area contributed by atoms with Crippen molar-refractivity contribution in [2.24, 2.45) is 5.92 Å². The quantitative estimate of drug-likeness (QED) is 0.351. The summed E-state index contributed by atoms with van der Waals surface area (Å²) in [6, 6.07) is 22.2. The summed E-state index contributed by atoms with van der Waals surface area (Å²) in [5.41, 5.74) is 1.52. The zero-order chi connectivity index (χ0) is 21.6. The summed E-state index contributed by atoms with van der Waals surface area (Å²) in [5.74, 6) is 0.753. The van der Waals surface area contributed by atoms with E-state index in [-0.39, 0.29) is 5.04 Å². The first-order valence-corrected chi connectivity index (χ1v) is 13.7. The van der Waals surface area contributed by atoms with Crippen LogP contribution in [0.15, 0.2) is 72.3 Å². The van der Waals surface area contributed by atoms with Gasteiger partial charge in [0.1, 0.15) is 0 Å². The maximum Gasteiger partial charge on any atom is 0.261 e. The molecule has 0 aliphatic heterocycles. The second-order valence-corrected chi connectivity index (χ2v) is 14.3. The molecule has 0 saturated heterocycles. The Hall–Kier alpha value is -1.64. The molecule has 0 aromatic heterocycles. The normalized spacial score (nSPS) is 20.9. The van der Waals surface area contributed by atoms with Crippen LogP contribution in [0.4, 0.5) is 0 Å². The molecule has 2 unspecified atom stereocenters. The number of hydrogen-bond acceptors (Lipinski definition) is 1. The van der Waals surface area contributed by atoms with E-state index in [1.807, 2.05) is 0 Å². The smallest absolute Gasteiger partial charge is 0.261 e. The van der Waals surface area contributed by atoms with Crippen LogP contribution in [0.25, 0.3) is 0 Å². The van der Waals surface area contributed by atoms with Crippen LogP contribution in [0.3, 0.4) is 0 Å². The van der Waals surface area contributed by atoms with Gasteiger partial charge in [0.2, 0.25) is 0 Å². The van der Waals surface area contributed by atoms with Gasteiger partial charge in [-0.1, -0.05) is 106 Å². The summed E-state index contributed by atoms with van der Waals surface area (Å²) < 4.78 is 7.40. The molecule has 0 bridgehead atoms. The monoisotopic (exact) mass is 420 g/mol. The van der Waals surface area contributed by atoms with Crippen molar-refractivity contribution in [3.63, 3.8) is 0 Å². The molecular weight excluding hydrogens is 380 g/mol. The van der Waals surface area contributed by atoms with E-state index in [0.29, 0.717) is 6.10 Å². The third-order valence-corrected chi connectivity index (χ3v) is 11.9. The molecule has 30 heavy (non-hydrogen) atoms. The Morgan fingerprint density at radius 3 is 2.03 bits per heavy atom. The van der Waals surface area contributed by atoms with Crippen molar-refractivity contribution in [2.75, 3.05) is 0 Å². The van der Waals surface area contributed by atoms with Gasteiger partial charge in [-0.25, -0.2) is 0 Å². The molecule has 162 valence electrons. The number of allylic oxidation sites excluding steroid dienone is 2. The Morgan fingerprint density at radius 1 is 0.967 bits per heavy atom. The number of rotatable bonds is 7. The zero-order valence-electron chi connectivity index (χ0n) is 19.7. The first-order valence-electron chi connectivity index (χ1n) is 11.8. The summed E-state index contributed by atoms with van der Waals surface area (Å²) >= 11 is 0. The van der Waals surface area contributed by atoms with E-state index in [4.69, 9.17) is 4.43 Å². The molecule has 0 spiro atoms. The first-order chi connectivity index (χ1) is 14.4. The number of hydrogen-bond donors (Lipinski definition) is 0. The standard InChI is InChI=1S/C28H40OSi/c1-6-23(2)20-21-24-14-13-15-25(22-24)29-30(28(3,4)5,26-16-9-7-10-17-26)27-18-11-8-12-19-27/h7-12,16-20,24-25H,6,13-15,21-22H2,1-5H3/b23-20-. The topological polar surface area (TPSA) is 9.23 Å². The van der Waals surface area contributed by atoms with Crippen LogP contribution >= 0.6 is 0 Å². The molecule has 2 aromatic carbocycles. The largest absolute Gasteiger partial charge is 0.404 e. The predicted octanol–water partition coefficient (Wildman–Crippen LogP) is 6.87. The predicted molar refractivity (Wildman–Crippen MR) is 133 cm³/mol. The molecule has 1 nitrogen and oxygen atoms in total. The molecule has 2 heteroatoms. The molecule has 0 heterocycles. The second kappa shape index (κ2) is 10.1. The van der Waals surface area contributed by atoms with E-state index >= 15 is 0 Å². The third-order valence-electron chi connectivity index (χ3n) is 6.85. The lowest BCUT2D eigenvalue weighted by molar-refractivity contribution is 0.114. The van der Waals surface area contributed by atoms with Gasteiger partial charge in [-0.05, 0) is 60.4 Å². The van der Waals surface area contributed by atoms with E-state index in [1.165, 1.54) is 48.1 Å². The van der Waals surface area contributed by atoms with Gasteiger partial charge in [-0.15, -0.1) is 0 Å². The van der Waals surface area contributed by atoms with E-state index in [0.717, 1.165) is 12.3 Å². The van der Waals surface area contributed by atoms with Gasteiger partial charge in [0, 0.05) is 6.10 Å². The molecule has 1 fully saturated rings. The molecule has 0 amide bonds. The van der Waals surface area contributed by atoms with Gasteiger partial charge in [0.25, 0.3) is 8.32 Å². The van der Waals surface area contributed by atoms with E-state index in [1.54, 1.807) is 0 Å². The molecular formula is C28H40OSi. The minimum Gasteiger partial charge on any atom is -0.404 e. The van der Waals surface area contributed by atoms with Crippen LogP contribution in [0, 0.1) is 5.92 Å². The van der Waals surface area contributed by atoms with E-state index in [9.17, 15) is 0 Å². The molecule has 3 rings (SSSR count). The van der Waals surface area contributed by atoms with Crippen molar-refractivity contribution in [1.82, 2.24) is 0 Å². The molecule has 2 aromatic rings. The molecule has 0 radical (unpaired) electrons. The van der Waals surface area contributed by atoms with Gasteiger partial charge >= 0.3 is 0 Å². The Labute approximate surface area is 185 Å². The summed E-state index contributed by atoms with van der Waals surface area (Å²) in [4.78, 5) is 0. The van der Waals surface area contributed by atoms with Gasteiger partial charge in [-0.2, -0.15) is 0 Å². The van der Waals surface area contributed by atoms with Crippen LogP contribution in [-0.2, 0) is 4.43 Å². The van der Waals surface area contributed by atoms with Crippen molar-refractivity contribution < 1.29 is 4.43 Å². The van der Waals surface area contributed by atoms with Gasteiger partial charge < -0.3 is 4.43 Å². The first kappa shape index (κ1) is 23.0. The highest BCUT2D eigenvalue weighted by atomic mass is 28.4. The van der Waals surface area contributed by atoms with E-state index < -0.39 is 8.32 Å². The highest BCUT2D eigenvalue weighted by molar-refractivity contribution is 6.99. The molecule has 2 atom stereocenters. The molecule has 1 aliphatic rings. The van der Waals surface area contributed by atoms with Crippen molar-refractivity contribution in [1.29, 1.82) is 0 Å². The second-order valence-electron chi connectivity index (χ2n) is 10.1. The fourth-order valence-corrected chi connectivity index (χ4v) is 9.75. The fourth-order valence-electron chi connectivity index (χ4n) is 5.02. The van der Waals surface area contributed by atoms with Crippen molar-refractivity contribution >= 4 is 18.7 Å². The average molecular weight is 421 g/mol. The Kier molecular flexibility index (Phi) is 7.76. The minimum atomic E-state index is -2.43. The van der Waals surface area contributed by atoms with E-state index in [2.05, 4.69) is 101 Å². The summed E-state index contributed by atoms with van der Waals surface area (Å²) in [5, 5.41) is 2.85. The van der Waals surface area contributed by atoms with Crippen molar-refractivity contribution in [3.05, 3.63) is 72.3 Å². The minimum absolute atomic E-state index is 0.0569. The van der Waals surface area contributed by atoms with Gasteiger partial charge in [0.05, 0.1) is 0 Å². The zero-order valence-corrected chi connectivity index (χ0v) is 20.7.